The Hall–Kier alpha value is -1.35. The second-order valence-electron chi connectivity index (χ2n) is 6.80. The zero-order chi connectivity index (χ0) is 15.4. The third kappa shape index (κ3) is 3.70. The molecule has 0 aromatic heterocycles. The van der Waals surface area contributed by atoms with Crippen LogP contribution >= 0.6 is 0 Å². The molecule has 1 heterocycles. The first-order chi connectivity index (χ1) is 10.7. The molecule has 1 aromatic carbocycles. The number of nitrogens with one attached hydrogen (secondary N) is 1. The molecular formula is C19H27NO2. The summed E-state index contributed by atoms with van der Waals surface area (Å²) in [5.41, 5.74) is 2.60. The topological polar surface area (TPSA) is 38.3 Å². The van der Waals surface area contributed by atoms with Gasteiger partial charge in [-0.05, 0) is 62.5 Å². The van der Waals surface area contributed by atoms with E-state index in [0.29, 0.717) is 12.0 Å². The first-order valence-corrected chi connectivity index (χ1v) is 8.71. The average Bonchev–Trinajstić information content (AvgIpc) is 2.54. The van der Waals surface area contributed by atoms with Crippen LogP contribution in [-0.4, -0.2) is 25.2 Å². The van der Waals surface area contributed by atoms with Crippen molar-refractivity contribution in [2.75, 3.05) is 13.2 Å². The number of hydrogen-bond acceptors (Lipinski definition) is 2. The molecule has 1 aromatic rings. The van der Waals surface area contributed by atoms with Gasteiger partial charge in [-0.15, -0.1) is 0 Å². The fourth-order valence-electron chi connectivity index (χ4n) is 3.90. The number of ether oxygens (including phenoxy) is 1. The number of aryl methyl sites for hydroxylation is 1. The largest absolute Gasteiger partial charge is 0.378 e. The van der Waals surface area contributed by atoms with E-state index in [0.717, 1.165) is 51.7 Å². The summed E-state index contributed by atoms with van der Waals surface area (Å²) in [6, 6.07) is 8.41. The minimum atomic E-state index is 0.0542. The average molecular weight is 301 g/mol. The summed E-state index contributed by atoms with van der Waals surface area (Å²) >= 11 is 0. The first-order valence-electron chi connectivity index (χ1n) is 8.71. The zero-order valence-corrected chi connectivity index (χ0v) is 13.5. The van der Waals surface area contributed by atoms with Gasteiger partial charge in [-0.1, -0.05) is 24.3 Å². The van der Waals surface area contributed by atoms with E-state index in [1.165, 1.54) is 11.1 Å². The van der Waals surface area contributed by atoms with Crippen molar-refractivity contribution in [3.63, 3.8) is 0 Å². The number of rotatable bonds is 4. The Bertz CT molecular complexity index is 514. The van der Waals surface area contributed by atoms with E-state index in [9.17, 15) is 4.79 Å². The van der Waals surface area contributed by atoms with E-state index < -0.39 is 0 Å². The van der Waals surface area contributed by atoms with Crippen LogP contribution in [0.2, 0.25) is 0 Å². The molecule has 120 valence electrons. The van der Waals surface area contributed by atoms with Crippen LogP contribution < -0.4 is 5.32 Å². The van der Waals surface area contributed by atoms with Crippen LogP contribution in [0.5, 0.6) is 0 Å². The van der Waals surface area contributed by atoms with Crippen molar-refractivity contribution >= 4 is 5.91 Å². The maximum atomic E-state index is 12.5. The van der Waals surface area contributed by atoms with Gasteiger partial charge in [-0.25, -0.2) is 0 Å². The second-order valence-corrected chi connectivity index (χ2v) is 6.80. The second kappa shape index (κ2) is 7.28. The molecule has 0 bridgehead atoms. The summed E-state index contributed by atoms with van der Waals surface area (Å²) in [4.78, 5) is 12.5. The number of fused-ring (bicyclic) bond motifs is 1. The van der Waals surface area contributed by atoms with Gasteiger partial charge in [-0.3, -0.25) is 4.79 Å². The lowest BCUT2D eigenvalue weighted by Gasteiger charge is -2.28. The summed E-state index contributed by atoms with van der Waals surface area (Å²) in [6.45, 7) is 3.81. The van der Waals surface area contributed by atoms with E-state index in [2.05, 4.69) is 30.4 Å². The van der Waals surface area contributed by atoms with Crippen LogP contribution in [-0.2, 0) is 16.0 Å². The highest BCUT2D eigenvalue weighted by Gasteiger charge is 2.26. The molecule has 1 N–H and O–H groups in total. The van der Waals surface area contributed by atoms with Gasteiger partial charge < -0.3 is 10.1 Å². The number of hydrogen-bond donors (Lipinski definition) is 1. The minimum Gasteiger partial charge on any atom is -0.378 e. The summed E-state index contributed by atoms with van der Waals surface area (Å²) < 4.78 is 5.58. The summed E-state index contributed by atoms with van der Waals surface area (Å²) in [6.07, 6.45) is 6.92. The van der Waals surface area contributed by atoms with Crippen LogP contribution in [0, 0.1) is 5.92 Å². The smallest absolute Gasteiger partial charge is 0.227 e. The van der Waals surface area contributed by atoms with Gasteiger partial charge in [0.2, 0.25) is 5.91 Å². The summed E-state index contributed by atoms with van der Waals surface area (Å²) in [5.74, 6) is 0.966. The molecule has 2 aliphatic rings. The lowest BCUT2D eigenvalue weighted by Crippen LogP contribution is -2.33. The molecular weight excluding hydrogens is 274 g/mol. The molecule has 1 saturated heterocycles. The molecule has 1 aliphatic carbocycles. The van der Waals surface area contributed by atoms with Crippen molar-refractivity contribution in [2.24, 2.45) is 5.92 Å². The van der Waals surface area contributed by atoms with Gasteiger partial charge in [0.25, 0.3) is 0 Å². The Morgan fingerprint density at radius 1 is 1.32 bits per heavy atom. The Morgan fingerprint density at radius 2 is 2.18 bits per heavy atom. The van der Waals surface area contributed by atoms with Crippen LogP contribution in [0.4, 0.5) is 0 Å². The Labute approximate surface area is 133 Å². The third-order valence-electron chi connectivity index (χ3n) is 5.13. The molecule has 22 heavy (non-hydrogen) atoms. The minimum absolute atomic E-state index is 0.0542. The van der Waals surface area contributed by atoms with Gasteiger partial charge in [0.05, 0.1) is 12.0 Å². The molecule has 0 spiro atoms. The van der Waals surface area contributed by atoms with E-state index >= 15 is 0 Å². The molecule has 3 atom stereocenters. The molecule has 1 amide bonds. The lowest BCUT2D eigenvalue weighted by molar-refractivity contribution is -0.122. The van der Waals surface area contributed by atoms with E-state index in [1.807, 2.05) is 6.07 Å². The third-order valence-corrected chi connectivity index (χ3v) is 5.13. The molecule has 3 heteroatoms. The summed E-state index contributed by atoms with van der Waals surface area (Å²) in [5, 5.41) is 3.18. The monoisotopic (exact) mass is 301 g/mol. The van der Waals surface area contributed by atoms with Crippen LogP contribution in [0.1, 0.15) is 56.1 Å². The van der Waals surface area contributed by atoms with Gasteiger partial charge in [0.15, 0.2) is 0 Å². The van der Waals surface area contributed by atoms with Crippen molar-refractivity contribution < 1.29 is 9.53 Å². The molecule has 0 unspecified atom stereocenters. The summed E-state index contributed by atoms with van der Waals surface area (Å²) in [7, 11) is 0. The van der Waals surface area contributed by atoms with Gasteiger partial charge in [0, 0.05) is 13.2 Å². The molecule has 3 rings (SSSR count). The van der Waals surface area contributed by atoms with Crippen LogP contribution in [0.15, 0.2) is 24.3 Å². The Kier molecular flexibility index (Phi) is 5.14. The fraction of sp³-hybridized carbons (Fsp3) is 0.632. The highest BCUT2D eigenvalue weighted by atomic mass is 16.5. The van der Waals surface area contributed by atoms with Gasteiger partial charge in [-0.2, -0.15) is 0 Å². The predicted molar refractivity (Wildman–Crippen MR) is 87.9 cm³/mol. The van der Waals surface area contributed by atoms with Crippen molar-refractivity contribution in [3.8, 4) is 0 Å². The standard InChI is InChI=1S/C19H27NO2/c1-14-13-15(10-12-22-14)9-11-20-19(21)18-8-4-6-16-5-2-3-7-17(16)18/h2-3,5,7,14-15,18H,4,6,8-13H2,1H3,(H,20,21)/t14-,15-,18+/m1/s1. The van der Waals surface area contributed by atoms with E-state index in [-0.39, 0.29) is 11.8 Å². The number of carbonyl (C=O) groups is 1. The Balaban J connectivity index is 1.50. The first kappa shape index (κ1) is 15.5. The number of carbonyl (C=O) groups excluding carboxylic acids is 1. The van der Waals surface area contributed by atoms with Gasteiger partial charge >= 0.3 is 0 Å². The van der Waals surface area contributed by atoms with Crippen molar-refractivity contribution in [1.29, 1.82) is 0 Å². The molecule has 1 aliphatic heterocycles. The lowest BCUT2D eigenvalue weighted by atomic mass is 9.82. The van der Waals surface area contributed by atoms with Crippen molar-refractivity contribution in [3.05, 3.63) is 35.4 Å². The fourth-order valence-corrected chi connectivity index (χ4v) is 3.90. The quantitative estimate of drug-likeness (QED) is 0.925. The van der Waals surface area contributed by atoms with Crippen LogP contribution in [0.3, 0.4) is 0 Å². The van der Waals surface area contributed by atoms with Crippen molar-refractivity contribution in [1.82, 2.24) is 5.32 Å². The molecule has 3 nitrogen and oxygen atoms in total. The highest BCUT2D eigenvalue weighted by Crippen LogP contribution is 2.31. The SMILES string of the molecule is C[C@@H]1C[C@H](CCNC(=O)[C@H]2CCCc3ccccc32)CCO1. The molecule has 0 radical (unpaired) electrons. The maximum absolute atomic E-state index is 12.5. The predicted octanol–water partition coefficient (Wildman–Crippen LogP) is 3.43. The van der Waals surface area contributed by atoms with Crippen molar-refractivity contribution in [2.45, 2.75) is 57.5 Å². The van der Waals surface area contributed by atoms with Crippen LogP contribution in [0.25, 0.3) is 0 Å². The molecule has 0 saturated carbocycles. The maximum Gasteiger partial charge on any atom is 0.227 e. The number of benzene rings is 1. The molecule has 1 fully saturated rings. The Morgan fingerprint density at radius 3 is 3.05 bits per heavy atom. The normalized spacial score (nSPS) is 28.0. The highest BCUT2D eigenvalue weighted by molar-refractivity contribution is 5.84. The van der Waals surface area contributed by atoms with Gasteiger partial charge in [0.1, 0.15) is 0 Å². The number of amides is 1. The van der Waals surface area contributed by atoms with E-state index in [4.69, 9.17) is 4.74 Å². The van der Waals surface area contributed by atoms with E-state index in [1.54, 1.807) is 0 Å². The zero-order valence-electron chi connectivity index (χ0n) is 13.5.